The summed E-state index contributed by atoms with van der Waals surface area (Å²) in [4.78, 5) is 2.40. The maximum atomic E-state index is 5.35. The van der Waals surface area contributed by atoms with Crippen LogP contribution in [0.15, 0.2) is 0 Å². The molecule has 1 aliphatic rings. The Balaban J connectivity index is 2.05. The van der Waals surface area contributed by atoms with E-state index in [0.717, 1.165) is 19.7 Å². The highest BCUT2D eigenvalue weighted by molar-refractivity contribution is 4.72. The SMILES string of the molecule is COC1CCCN(CCOCCN)C1. The highest BCUT2D eigenvalue weighted by Crippen LogP contribution is 2.11. The van der Waals surface area contributed by atoms with Crippen LogP contribution in [0.2, 0.25) is 0 Å². The van der Waals surface area contributed by atoms with Crippen molar-refractivity contribution in [2.75, 3.05) is 46.5 Å². The van der Waals surface area contributed by atoms with E-state index in [9.17, 15) is 0 Å². The molecular weight excluding hydrogens is 180 g/mol. The van der Waals surface area contributed by atoms with Crippen molar-refractivity contribution in [3.05, 3.63) is 0 Å². The molecule has 4 nitrogen and oxygen atoms in total. The van der Waals surface area contributed by atoms with Crippen molar-refractivity contribution in [2.24, 2.45) is 5.73 Å². The maximum absolute atomic E-state index is 5.35. The summed E-state index contributed by atoms with van der Waals surface area (Å²) in [6, 6.07) is 0. The van der Waals surface area contributed by atoms with Crippen LogP contribution in [0.5, 0.6) is 0 Å². The molecule has 0 amide bonds. The smallest absolute Gasteiger partial charge is 0.0698 e. The molecule has 1 rings (SSSR count). The zero-order chi connectivity index (χ0) is 10.2. The molecule has 0 spiro atoms. The van der Waals surface area contributed by atoms with Gasteiger partial charge >= 0.3 is 0 Å². The minimum absolute atomic E-state index is 0.415. The van der Waals surface area contributed by atoms with E-state index in [4.69, 9.17) is 15.2 Å². The second-order valence-corrected chi connectivity index (χ2v) is 3.70. The summed E-state index contributed by atoms with van der Waals surface area (Å²) in [5, 5.41) is 0. The van der Waals surface area contributed by atoms with Crippen LogP contribution in [0.25, 0.3) is 0 Å². The van der Waals surface area contributed by atoms with Gasteiger partial charge in [0.25, 0.3) is 0 Å². The molecule has 1 unspecified atom stereocenters. The Morgan fingerprint density at radius 1 is 1.43 bits per heavy atom. The van der Waals surface area contributed by atoms with Gasteiger partial charge in [0.1, 0.15) is 0 Å². The van der Waals surface area contributed by atoms with Gasteiger partial charge in [0, 0.05) is 26.7 Å². The van der Waals surface area contributed by atoms with Crippen LogP contribution in [0.3, 0.4) is 0 Å². The zero-order valence-electron chi connectivity index (χ0n) is 9.08. The molecule has 1 atom stereocenters. The summed E-state index contributed by atoms with van der Waals surface area (Å²) in [5.74, 6) is 0. The van der Waals surface area contributed by atoms with Crippen LogP contribution in [0.1, 0.15) is 12.8 Å². The third-order valence-electron chi connectivity index (χ3n) is 2.61. The normalized spacial score (nSPS) is 24.0. The first kappa shape index (κ1) is 11.9. The molecule has 0 saturated carbocycles. The molecule has 4 heteroatoms. The second-order valence-electron chi connectivity index (χ2n) is 3.70. The van der Waals surface area contributed by atoms with Gasteiger partial charge in [-0.2, -0.15) is 0 Å². The first-order chi connectivity index (χ1) is 6.86. The molecule has 0 aromatic carbocycles. The molecule has 1 saturated heterocycles. The van der Waals surface area contributed by atoms with Gasteiger partial charge in [-0.1, -0.05) is 0 Å². The van der Waals surface area contributed by atoms with Crippen molar-refractivity contribution in [2.45, 2.75) is 18.9 Å². The molecule has 14 heavy (non-hydrogen) atoms. The third-order valence-corrected chi connectivity index (χ3v) is 2.61. The van der Waals surface area contributed by atoms with E-state index in [-0.39, 0.29) is 0 Å². The Hall–Kier alpha value is -0.160. The monoisotopic (exact) mass is 202 g/mol. The van der Waals surface area contributed by atoms with E-state index >= 15 is 0 Å². The highest BCUT2D eigenvalue weighted by Gasteiger charge is 2.18. The van der Waals surface area contributed by atoms with E-state index < -0.39 is 0 Å². The molecule has 2 N–H and O–H groups in total. The fourth-order valence-corrected chi connectivity index (χ4v) is 1.79. The van der Waals surface area contributed by atoms with Gasteiger partial charge in [0.2, 0.25) is 0 Å². The van der Waals surface area contributed by atoms with E-state index in [2.05, 4.69) is 4.90 Å². The van der Waals surface area contributed by atoms with Gasteiger partial charge in [-0.3, -0.25) is 4.90 Å². The molecule has 1 aliphatic heterocycles. The molecular formula is C10H22N2O2. The molecule has 0 radical (unpaired) electrons. The number of piperidine rings is 1. The minimum atomic E-state index is 0.415. The average Bonchev–Trinajstić information content (AvgIpc) is 2.25. The lowest BCUT2D eigenvalue weighted by Crippen LogP contribution is -2.40. The Labute approximate surface area is 86.3 Å². The molecule has 0 bridgehead atoms. The summed E-state index contributed by atoms with van der Waals surface area (Å²) in [7, 11) is 1.79. The van der Waals surface area contributed by atoms with Crippen LogP contribution >= 0.6 is 0 Å². The number of methoxy groups -OCH3 is 1. The van der Waals surface area contributed by atoms with Gasteiger partial charge < -0.3 is 15.2 Å². The zero-order valence-corrected chi connectivity index (χ0v) is 9.08. The van der Waals surface area contributed by atoms with E-state index in [1.165, 1.54) is 19.4 Å². The minimum Gasteiger partial charge on any atom is -0.380 e. The topological polar surface area (TPSA) is 47.7 Å². The quantitative estimate of drug-likeness (QED) is 0.619. The summed E-state index contributed by atoms with van der Waals surface area (Å²) >= 11 is 0. The molecule has 0 aromatic heterocycles. The number of nitrogens with zero attached hydrogens (tertiary/aromatic N) is 1. The molecule has 1 heterocycles. The van der Waals surface area contributed by atoms with Crippen molar-refractivity contribution in [3.63, 3.8) is 0 Å². The van der Waals surface area contributed by atoms with E-state index in [1.807, 2.05) is 0 Å². The van der Waals surface area contributed by atoms with Crippen molar-refractivity contribution in [3.8, 4) is 0 Å². The molecule has 0 aliphatic carbocycles. The molecule has 84 valence electrons. The lowest BCUT2D eigenvalue weighted by Gasteiger charge is -2.31. The lowest BCUT2D eigenvalue weighted by molar-refractivity contribution is 0.0186. The number of nitrogens with two attached hydrogens (primary N) is 1. The fraction of sp³-hybridized carbons (Fsp3) is 1.00. The van der Waals surface area contributed by atoms with Crippen LogP contribution in [0.4, 0.5) is 0 Å². The largest absolute Gasteiger partial charge is 0.380 e. The Kier molecular flexibility index (Phi) is 6.10. The number of ether oxygens (including phenoxy) is 2. The average molecular weight is 202 g/mol. The van der Waals surface area contributed by atoms with E-state index in [0.29, 0.717) is 19.3 Å². The summed E-state index contributed by atoms with van der Waals surface area (Å²) in [6.45, 7) is 5.28. The van der Waals surface area contributed by atoms with Crippen molar-refractivity contribution in [1.29, 1.82) is 0 Å². The fourth-order valence-electron chi connectivity index (χ4n) is 1.79. The Bertz CT molecular complexity index is 144. The van der Waals surface area contributed by atoms with Crippen LogP contribution in [-0.4, -0.2) is 57.5 Å². The number of likely N-dealkylation sites (tertiary alicyclic amines) is 1. The second kappa shape index (κ2) is 7.17. The van der Waals surface area contributed by atoms with Crippen molar-refractivity contribution >= 4 is 0 Å². The highest BCUT2D eigenvalue weighted by atomic mass is 16.5. The number of rotatable bonds is 6. The van der Waals surface area contributed by atoms with Crippen LogP contribution in [0, 0.1) is 0 Å². The predicted molar refractivity (Wildman–Crippen MR) is 56.3 cm³/mol. The standard InChI is InChI=1S/C10H22N2O2/c1-13-10-3-2-5-12(9-10)6-8-14-7-4-11/h10H,2-9,11H2,1H3. The lowest BCUT2D eigenvalue weighted by atomic mass is 10.1. The van der Waals surface area contributed by atoms with E-state index in [1.54, 1.807) is 7.11 Å². The maximum Gasteiger partial charge on any atom is 0.0698 e. The number of hydrogen-bond acceptors (Lipinski definition) is 4. The Morgan fingerprint density at radius 3 is 3.00 bits per heavy atom. The number of hydrogen-bond donors (Lipinski definition) is 1. The van der Waals surface area contributed by atoms with Gasteiger partial charge in [0.05, 0.1) is 19.3 Å². The first-order valence-corrected chi connectivity index (χ1v) is 5.39. The molecule has 0 aromatic rings. The van der Waals surface area contributed by atoms with Crippen LogP contribution in [-0.2, 0) is 9.47 Å². The summed E-state index contributed by atoms with van der Waals surface area (Å²) in [6.07, 6.45) is 2.84. The predicted octanol–water partition coefficient (Wildman–Crippen LogP) is 0.0725. The summed E-state index contributed by atoms with van der Waals surface area (Å²) < 4.78 is 10.7. The summed E-state index contributed by atoms with van der Waals surface area (Å²) in [5.41, 5.74) is 5.33. The molecule has 1 fully saturated rings. The van der Waals surface area contributed by atoms with Crippen molar-refractivity contribution < 1.29 is 9.47 Å². The van der Waals surface area contributed by atoms with Gasteiger partial charge in [0.15, 0.2) is 0 Å². The van der Waals surface area contributed by atoms with Crippen molar-refractivity contribution in [1.82, 2.24) is 4.90 Å². The van der Waals surface area contributed by atoms with Crippen LogP contribution < -0.4 is 5.73 Å². The van der Waals surface area contributed by atoms with Gasteiger partial charge in [-0.25, -0.2) is 0 Å². The van der Waals surface area contributed by atoms with Gasteiger partial charge in [-0.15, -0.1) is 0 Å². The van der Waals surface area contributed by atoms with Gasteiger partial charge in [-0.05, 0) is 19.4 Å². The Morgan fingerprint density at radius 2 is 2.29 bits per heavy atom. The third kappa shape index (κ3) is 4.37. The first-order valence-electron chi connectivity index (χ1n) is 5.39.